The Morgan fingerprint density at radius 1 is 1.00 bits per heavy atom. The van der Waals surface area contributed by atoms with E-state index in [0.29, 0.717) is 6.04 Å². The Hall–Kier alpha value is -1.68. The Balaban J connectivity index is 1.65. The van der Waals surface area contributed by atoms with Crippen molar-refractivity contribution in [3.05, 3.63) is 30.0 Å². The highest BCUT2D eigenvalue weighted by Crippen LogP contribution is 2.26. The van der Waals surface area contributed by atoms with Crippen molar-refractivity contribution in [2.45, 2.75) is 32.2 Å². The highest BCUT2D eigenvalue weighted by atomic mass is 15.3. The highest BCUT2D eigenvalue weighted by Gasteiger charge is 2.30. The zero-order valence-corrected chi connectivity index (χ0v) is 12.6. The Kier molecular flexibility index (Phi) is 3.26. The Morgan fingerprint density at radius 2 is 1.81 bits per heavy atom. The molecule has 0 spiro atoms. The van der Waals surface area contributed by atoms with Gasteiger partial charge in [-0.1, -0.05) is 18.6 Å². The molecule has 110 valence electrons. The van der Waals surface area contributed by atoms with E-state index in [2.05, 4.69) is 22.8 Å². The second-order valence-corrected chi connectivity index (χ2v) is 6.25. The van der Waals surface area contributed by atoms with Crippen molar-refractivity contribution in [3.8, 4) is 0 Å². The van der Waals surface area contributed by atoms with E-state index >= 15 is 0 Å². The molecule has 0 N–H and O–H groups in total. The van der Waals surface area contributed by atoms with Gasteiger partial charge in [-0.25, -0.2) is 9.97 Å². The minimum absolute atomic E-state index is 0.708. The molecule has 0 saturated carbocycles. The molecule has 21 heavy (non-hydrogen) atoms. The summed E-state index contributed by atoms with van der Waals surface area (Å²) in [6.45, 7) is 6.71. The van der Waals surface area contributed by atoms with E-state index < -0.39 is 0 Å². The van der Waals surface area contributed by atoms with Crippen molar-refractivity contribution in [1.82, 2.24) is 14.9 Å². The minimum Gasteiger partial charge on any atom is -0.352 e. The maximum Gasteiger partial charge on any atom is 0.150 e. The van der Waals surface area contributed by atoms with Gasteiger partial charge in [0.05, 0.1) is 16.7 Å². The average molecular weight is 282 g/mol. The van der Waals surface area contributed by atoms with Crippen molar-refractivity contribution >= 4 is 16.9 Å². The zero-order chi connectivity index (χ0) is 14.2. The van der Waals surface area contributed by atoms with Gasteiger partial charge in [-0.2, -0.15) is 0 Å². The Bertz CT molecular complexity index is 654. The van der Waals surface area contributed by atoms with E-state index in [1.807, 2.05) is 18.2 Å². The van der Waals surface area contributed by atoms with Gasteiger partial charge in [-0.15, -0.1) is 0 Å². The van der Waals surface area contributed by atoms with Gasteiger partial charge in [0.25, 0.3) is 0 Å². The van der Waals surface area contributed by atoms with Gasteiger partial charge in [0.15, 0.2) is 5.82 Å². The summed E-state index contributed by atoms with van der Waals surface area (Å²) in [6, 6.07) is 8.87. The number of piperidine rings is 1. The van der Waals surface area contributed by atoms with Crippen LogP contribution in [0.3, 0.4) is 0 Å². The highest BCUT2D eigenvalue weighted by molar-refractivity contribution is 5.76. The summed E-state index contributed by atoms with van der Waals surface area (Å²) in [5.41, 5.74) is 3.05. The first kappa shape index (κ1) is 13.0. The van der Waals surface area contributed by atoms with E-state index in [1.54, 1.807) is 0 Å². The topological polar surface area (TPSA) is 32.3 Å². The number of rotatable bonds is 1. The standard InChI is InChI=1S/C17H22N4/c1-13-17(19-16-8-3-2-7-15(16)18-13)21-11-10-20-9-5-4-6-14(20)12-21/h2-3,7-8,14H,4-6,9-12H2,1H3. The largest absolute Gasteiger partial charge is 0.352 e. The molecule has 4 heteroatoms. The molecule has 0 amide bonds. The predicted octanol–water partition coefficient (Wildman–Crippen LogP) is 2.61. The molecular formula is C17H22N4. The van der Waals surface area contributed by atoms with E-state index in [-0.39, 0.29) is 0 Å². The summed E-state index contributed by atoms with van der Waals surface area (Å²) in [4.78, 5) is 14.7. The third kappa shape index (κ3) is 2.38. The summed E-state index contributed by atoms with van der Waals surface area (Å²) >= 11 is 0. The first-order valence-electron chi connectivity index (χ1n) is 8.03. The van der Waals surface area contributed by atoms with Crippen molar-refractivity contribution in [1.29, 1.82) is 0 Å². The normalized spacial score (nSPS) is 23.3. The van der Waals surface area contributed by atoms with E-state index in [1.165, 1.54) is 32.4 Å². The molecule has 2 fully saturated rings. The fraction of sp³-hybridized carbons (Fsp3) is 0.529. The second kappa shape index (κ2) is 5.26. The van der Waals surface area contributed by atoms with Crippen LogP contribution in [0.2, 0.25) is 0 Å². The van der Waals surface area contributed by atoms with Crippen molar-refractivity contribution < 1.29 is 0 Å². The molecule has 1 aromatic carbocycles. The minimum atomic E-state index is 0.708. The van der Waals surface area contributed by atoms with Gasteiger partial charge in [-0.05, 0) is 38.4 Å². The summed E-state index contributed by atoms with van der Waals surface area (Å²) in [7, 11) is 0. The van der Waals surface area contributed by atoms with Crippen LogP contribution in [0.4, 0.5) is 5.82 Å². The van der Waals surface area contributed by atoms with E-state index in [4.69, 9.17) is 9.97 Å². The number of aromatic nitrogens is 2. The Labute approximate surface area is 125 Å². The summed E-state index contributed by atoms with van der Waals surface area (Å²) in [5.74, 6) is 1.08. The lowest BCUT2D eigenvalue weighted by Gasteiger charge is -2.44. The Morgan fingerprint density at radius 3 is 2.67 bits per heavy atom. The number of nitrogens with zero attached hydrogens (tertiary/aromatic N) is 4. The molecule has 4 nitrogen and oxygen atoms in total. The summed E-state index contributed by atoms with van der Waals surface area (Å²) in [6.07, 6.45) is 4.07. The molecule has 1 unspecified atom stereocenters. The molecule has 4 rings (SSSR count). The van der Waals surface area contributed by atoms with Crippen LogP contribution in [0.5, 0.6) is 0 Å². The molecule has 1 aromatic heterocycles. The molecule has 1 atom stereocenters. The van der Waals surface area contributed by atoms with Crippen LogP contribution < -0.4 is 4.90 Å². The van der Waals surface area contributed by atoms with Crippen LogP contribution in [0.25, 0.3) is 11.0 Å². The summed E-state index contributed by atoms with van der Waals surface area (Å²) in [5, 5.41) is 0. The van der Waals surface area contributed by atoms with E-state index in [0.717, 1.165) is 35.6 Å². The zero-order valence-electron chi connectivity index (χ0n) is 12.6. The lowest BCUT2D eigenvalue weighted by molar-refractivity contribution is 0.133. The smallest absolute Gasteiger partial charge is 0.150 e. The third-order valence-corrected chi connectivity index (χ3v) is 4.86. The van der Waals surface area contributed by atoms with Crippen LogP contribution in [-0.2, 0) is 0 Å². The second-order valence-electron chi connectivity index (χ2n) is 6.25. The van der Waals surface area contributed by atoms with Crippen LogP contribution in [-0.4, -0.2) is 47.1 Å². The van der Waals surface area contributed by atoms with E-state index in [9.17, 15) is 0 Å². The summed E-state index contributed by atoms with van der Waals surface area (Å²) < 4.78 is 0. The van der Waals surface area contributed by atoms with Crippen LogP contribution in [0.1, 0.15) is 25.0 Å². The maximum atomic E-state index is 4.88. The number of hydrogen-bond acceptors (Lipinski definition) is 4. The van der Waals surface area contributed by atoms with Gasteiger partial charge in [0.2, 0.25) is 0 Å². The number of anilines is 1. The van der Waals surface area contributed by atoms with Gasteiger partial charge in [0, 0.05) is 25.7 Å². The molecule has 2 aliphatic heterocycles. The van der Waals surface area contributed by atoms with Crippen molar-refractivity contribution in [2.24, 2.45) is 0 Å². The molecule has 0 radical (unpaired) electrons. The molecule has 3 heterocycles. The van der Waals surface area contributed by atoms with Gasteiger partial charge in [-0.3, -0.25) is 4.90 Å². The molecule has 2 saturated heterocycles. The first-order chi connectivity index (χ1) is 10.3. The average Bonchev–Trinajstić information content (AvgIpc) is 2.54. The number of hydrogen-bond donors (Lipinski definition) is 0. The number of benzene rings is 1. The lowest BCUT2D eigenvalue weighted by atomic mass is 9.99. The van der Waals surface area contributed by atoms with Crippen LogP contribution in [0, 0.1) is 6.92 Å². The predicted molar refractivity (Wildman–Crippen MR) is 85.7 cm³/mol. The molecule has 2 aliphatic rings. The quantitative estimate of drug-likeness (QED) is 0.805. The number of piperazine rings is 1. The third-order valence-electron chi connectivity index (χ3n) is 4.86. The number of para-hydroxylation sites is 2. The maximum absolute atomic E-state index is 4.88. The molecule has 0 bridgehead atoms. The molecule has 0 aliphatic carbocycles. The fourth-order valence-electron chi connectivity index (χ4n) is 3.73. The molecule has 2 aromatic rings. The van der Waals surface area contributed by atoms with Gasteiger partial charge >= 0.3 is 0 Å². The SMILES string of the molecule is Cc1nc2ccccc2nc1N1CCN2CCCCC2C1. The fourth-order valence-corrected chi connectivity index (χ4v) is 3.73. The number of aryl methyl sites for hydroxylation is 1. The van der Waals surface area contributed by atoms with Crippen LogP contribution >= 0.6 is 0 Å². The van der Waals surface area contributed by atoms with Crippen LogP contribution in [0.15, 0.2) is 24.3 Å². The lowest BCUT2D eigenvalue weighted by Crippen LogP contribution is -2.55. The monoisotopic (exact) mass is 282 g/mol. The van der Waals surface area contributed by atoms with Crippen molar-refractivity contribution in [2.75, 3.05) is 31.1 Å². The number of fused-ring (bicyclic) bond motifs is 2. The first-order valence-corrected chi connectivity index (χ1v) is 8.03. The van der Waals surface area contributed by atoms with Crippen molar-refractivity contribution in [3.63, 3.8) is 0 Å². The molecular weight excluding hydrogens is 260 g/mol. The van der Waals surface area contributed by atoms with Gasteiger partial charge in [0.1, 0.15) is 0 Å². The van der Waals surface area contributed by atoms with Gasteiger partial charge < -0.3 is 4.90 Å².